The predicted octanol–water partition coefficient (Wildman–Crippen LogP) is 3.50. The zero-order valence-electron chi connectivity index (χ0n) is 16.6. The van der Waals surface area contributed by atoms with Crippen LogP contribution in [-0.2, 0) is 9.59 Å². The van der Waals surface area contributed by atoms with Gasteiger partial charge in [0.05, 0.1) is 17.1 Å². The highest BCUT2D eigenvalue weighted by Crippen LogP contribution is 2.37. The van der Waals surface area contributed by atoms with Gasteiger partial charge in [-0.2, -0.15) is 5.26 Å². The molecule has 0 aliphatic rings. The van der Waals surface area contributed by atoms with Crippen LogP contribution in [0.4, 0.5) is 0 Å². The normalized spacial score (nSPS) is 11.9. The third-order valence-corrected chi connectivity index (χ3v) is 4.60. The molecule has 0 spiro atoms. The summed E-state index contributed by atoms with van der Waals surface area (Å²) in [5, 5.41) is 12.3. The van der Waals surface area contributed by atoms with Crippen LogP contribution in [-0.4, -0.2) is 25.0 Å². The zero-order valence-corrected chi connectivity index (χ0v) is 18.2. The van der Waals surface area contributed by atoms with E-state index in [0.717, 1.165) is 5.56 Å². The van der Waals surface area contributed by atoms with E-state index >= 15 is 0 Å². The lowest BCUT2D eigenvalue weighted by molar-refractivity contribution is -0.120. The standard InChI is InChI=1S/C22H22BrN3O4/c1-3-29-19-11-15(10-18(23)21(19)30-13-20(25)27)9-17(12-24)22(28)26-14(2)16-7-5-4-6-8-16/h4-11,14H,3,13H2,1-2H3,(H2,25,27)(H,26,28)/b17-9+/t14-/m1/s1. The van der Waals surface area contributed by atoms with E-state index in [2.05, 4.69) is 21.2 Å². The highest BCUT2D eigenvalue weighted by Gasteiger charge is 2.16. The number of rotatable bonds is 9. The van der Waals surface area contributed by atoms with Gasteiger partial charge in [-0.25, -0.2) is 0 Å². The van der Waals surface area contributed by atoms with E-state index in [9.17, 15) is 14.9 Å². The summed E-state index contributed by atoms with van der Waals surface area (Å²) < 4.78 is 11.5. The van der Waals surface area contributed by atoms with E-state index in [4.69, 9.17) is 15.2 Å². The molecule has 0 saturated carbocycles. The SMILES string of the molecule is CCOc1cc(/C=C(\C#N)C(=O)N[C@H](C)c2ccccc2)cc(Br)c1OCC(N)=O. The fraction of sp³-hybridized carbons (Fsp3) is 0.227. The van der Waals surface area contributed by atoms with Crippen molar-refractivity contribution >= 4 is 33.8 Å². The molecule has 0 fully saturated rings. The van der Waals surface area contributed by atoms with Crippen molar-refractivity contribution in [3.8, 4) is 17.6 Å². The Hall–Kier alpha value is -3.31. The van der Waals surface area contributed by atoms with Crippen LogP contribution in [0.2, 0.25) is 0 Å². The molecule has 8 heteroatoms. The van der Waals surface area contributed by atoms with E-state index in [1.165, 1.54) is 6.08 Å². The lowest BCUT2D eigenvalue weighted by atomic mass is 10.1. The highest BCUT2D eigenvalue weighted by atomic mass is 79.9. The number of primary amides is 1. The lowest BCUT2D eigenvalue weighted by Gasteiger charge is -2.15. The van der Waals surface area contributed by atoms with Crippen LogP contribution >= 0.6 is 15.9 Å². The number of nitrogens with zero attached hydrogens (tertiary/aromatic N) is 1. The van der Waals surface area contributed by atoms with Crippen LogP contribution in [0.5, 0.6) is 11.5 Å². The van der Waals surface area contributed by atoms with Crippen molar-refractivity contribution in [2.45, 2.75) is 19.9 Å². The Bertz CT molecular complexity index is 984. The number of nitrogens with two attached hydrogens (primary N) is 1. The number of hydrogen-bond donors (Lipinski definition) is 2. The number of hydrogen-bond acceptors (Lipinski definition) is 5. The molecule has 1 atom stereocenters. The van der Waals surface area contributed by atoms with Gasteiger partial charge in [-0.1, -0.05) is 30.3 Å². The van der Waals surface area contributed by atoms with E-state index in [1.54, 1.807) is 19.1 Å². The van der Waals surface area contributed by atoms with Crippen molar-refractivity contribution in [3.05, 3.63) is 63.6 Å². The monoisotopic (exact) mass is 471 g/mol. The van der Waals surface area contributed by atoms with Crippen LogP contribution < -0.4 is 20.5 Å². The largest absolute Gasteiger partial charge is 0.490 e. The Labute approximate surface area is 183 Å². The van der Waals surface area contributed by atoms with Gasteiger partial charge in [0, 0.05) is 0 Å². The number of carbonyl (C=O) groups excluding carboxylic acids is 2. The predicted molar refractivity (Wildman–Crippen MR) is 117 cm³/mol. The summed E-state index contributed by atoms with van der Waals surface area (Å²) in [5.74, 6) is -0.440. The average molecular weight is 472 g/mol. The number of benzene rings is 2. The van der Waals surface area contributed by atoms with Gasteiger partial charge in [0.25, 0.3) is 11.8 Å². The summed E-state index contributed by atoms with van der Waals surface area (Å²) in [6, 6.07) is 14.4. The molecule has 0 heterocycles. The fourth-order valence-corrected chi connectivity index (χ4v) is 3.21. The van der Waals surface area contributed by atoms with Gasteiger partial charge in [0.15, 0.2) is 18.1 Å². The highest BCUT2D eigenvalue weighted by molar-refractivity contribution is 9.10. The van der Waals surface area contributed by atoms with E-state index in [0.29, 0.717) is 28.1 Å². The molecule has 2 aromatic rings. The second kappa shape index (κ2) is 11.0. The van der Waals surface area contributed by atoms with Crippen molar-refractivity contribution in [2.75, 3.05) is 13.2 Å². The van der Waals surface area contributed by atoms with Crippen LogP contribution in [0, 0.1) is 11.3 Å². The van der Waals surface area contributed by atoms with Gasteiger partial charge in [-0.15, -0.1) is 0 Å². The maximum atomic E-state index is 12.6. The molecule has 2 aromatic carbocycles. The topological polar surface area (TPSA) is 114 Å². The smallest absolute Gasteiger partial charge is 0.262 e. The van der Waals surface area contributed by atoms with Gasteiger partial charge < -0.3 is 20.5 Å². The molecule has 0 bridgehead atoms. The second-order valence-corrected chi connectivity index (χ2v) is 7.15. The van der Waals surface area contributed by atoms with Crippen LogP contribution in [0.15, 0.2) is 52.5 Å². The molecular formula is C22H22BrN3O4. The Morgan fingerprint density at radius 3 is 2.57 bits per heavy atom. The van der Waals surface area contributed by atoms with Crippen molar-refractivity contribution in [1.82, 2.24) is 5.32 Å². The molecule has 7 nitrogen and oxygen atoms in total. The second-order valence-electron chi connectivity index (χ2n) is 6.29. The van der Waals surface area contributed by atoms with E-state index in [-0.39, 0.29) is 18.2 Å². The summed E-state index contributed by atoms with van der Waals surface area (Å²) in [6.45, 7) is 3.69. The Kier molecular flexibility index (Phi) is 8.44. The number of halogens is 1. The van der Waals surface area contributed by atoms with Crippen molar-refractivity contribution in [3.63, 3.8) is 0 Å². The molecule has 2 amide bonds. The van der Waals surface area contributed by atoms with Gasteiger partial charge >= 0.3 is 0 Å². The van der Waals surface area contributed by atoms with Gasteiger partial charge in [-0.3, -0.25) is 9.59 Å². The van der Waals surface area contributed by atoms with E-state index < -0.39 is 11.8 Å². The summed E-state index contributed by atoms with van der Waals surface area (Å²) in [5.41, 5.74) is 6.56. The number of nitriles is 1. The Morgan fingerprint density at radius 2 is 1.97 bits per heavy atom. The summed E-state index contributed by atoms with van der Waals surface area (Å²) in [7, 11) is 0. The third kappa shape index (κ3) is 6.36. The fourth-order valence-electron chi connectivity index (χ4n) is 2.63. The summed E-state index contributed by atoms with van der Waals surface area (Å²) in [6.07, 6.45) is 1.46. The van der Waals surface area contributed by atoms with Gasteiger partial charge in [-0.05, 0) is 59.1 Å². The summed E-state index contributed by atoms with van der Waals surface area (Å²) >= 11 is 3.37. The molecule has 0 radical (unpaired) electrons. The van der Waals surface area contributed by atoms with Crippen LogP contribution in [0.25, 0.3) is 6.08 Å². The summed E-state index contributed by atoms with van der Waals surface area (Å²) in [4.78, 5) is 23.6. The molecule has 0 aliphatic carbocycles. The number of nitrogens with one attached hydrogen (secondary N) is 1. The number of ether oxygens (including phenoxy) is 2. The van der Waals surface area contributed by atoms with Crippen molar-refractivity contribution < 1.29 is 19.1 Å². The lowest BCUT2D eigenvalue weighted by Crippen LogP contribution is -2.27. The average Bonchev–Trinajstić information content (AvgIpc) is 2.72. The Morgan fingerprint density at radius 1 is 1.27 bits per heavy atom. The Balaban J connectivity index is 2.28. The maximum Gasteiger partial charge on any atom is 0.262 e. The van der Waals surface area contributed by atoms with Crippen molar-refractivity contribution in [2.24, 2.45) is 5.73 Å². The minimum Gasteiger partial charge on any atom is -0.490 e. The molecule has 30 heavy (non-hydrogen) atoms. The molecule has 156 valence electrons. The molecule has 3 N–H and O–H groups in total. The molecular weight excluding hydrogens is 450 g/mol. The first-order valence-electron chi connectivity index (χ1n) is 9.20. The quantitative estimate of drug-likeness (QED) is 0.428. The molecule has 0 aromatic heterocycles. The molecule has 0 aliphatic heterocycles. The van der Waals surface area contributed by atoms with Gasteiger partial charge in [0.2, 0.25) is 0 Å². The molecule has 2 rings (SSSR count). The number of amides is 2. The van der Waals surface area contributed by atoms with E-state index in [1.807, 2.05) is 43.3 Å². The first-order valence-corrected chi connectivity index (χ1v) is 10.00. The number of carbonyl (C=O) groups is 2. The molecule has 0 saturated heterocycles. The first-order chi connectivity index (χ1) is 14.3. The third-order valence-electron chi connectivity index (χ3n) is 4.01. The van der Waals surface area contributed by atoms with Crippen LogP contribution in [0.3, 0.4) is 0 Å². The minimum absolute atomic E-state index is 0.0575. The first kappa shape index (κ1) is 23.0. The maximum absolute atomic E-state index is 12.6. The zero-order chi connectivity index (χ0) is 22.1. The minimum atomic E-state index is -0.621. The van der Waals surface area contributed by atoms with Crippen LogP contribution in [0.1, 0.15) is 31.0 Å². The van der Waals surface area contributed by atoms with Crippen molar-refractivity contribution in [1.29, 1.82) is 5.26 Å². The molecule has 0 unspecified atom stereocenters. The van der Waals surface area contributed by atoms with Gasteiger partial charge in [0.1, 0.15) is 11.6 Å².